The Bertz CT molecular complexity index is 702. The van der Waals surface area contributed by atoms with E-state index in [1.165, 1.54) is 11.3 Å². The number of rotatable bonds is 4. The molecule has 2 aromatic rings. The number of quaternary nitrogens is 1. The number of benzene rings is 1. The first kappa shape index (κ1) is 14.6. The summed E-state index contributed by atoms with van der Waals surface area (Å²) >= 11 is 0. The highest BCUT2D eigenvalue weighted by Crippen LogP contribution is 2.30. The van der Waals surface area contributed by atoms with Crippen LogP contribution >= 0.6 is 0 Å². The number of hydrogen-bond acceptors (Lipinski definition) is 3. The van der Waals surface area contributed by atoms with Gasteiger partial charge in [0, 0.05) is 5.39 Å². The van der Waals surface area contributed by atoms with Gasteiger partial charge in [0.2, 0.25) is 5.76 Å². The van der Waals surface area contributed by atoms with E-state index in [-0.39, 0.29) is 11.7 Å². The summed E-state index contributed by atoms with van der Waals surface area (Å²) in [6.07, 6.45) is 3.55. The van der Waals surface area contributed by atoms with E-state index >= 15 is 0 Å². The van der Waals surface area contributed by atoms with Crippen LogP contribution in [0.25, 0.3) is 11.0 Å². The molecule has 6 heteroatoms. The summed E-state index contributed by atoms with van der Waals surface area (Å²) in [7, 11) is 0. The molecule has 3 rings (SSSR count). The largest absolute Gasteiger partial charge is 0.449 e. The molecule has 22 heavy (non-hydrogen) atoms. The van der Waals surface area contributed by atoms with Crippen LogP contribution in [0.5, 0.6) is 0 Å². The summed E-state index contributed by atoms with van der Waals surface area (Å²) in [6, 6.07) is 7.18. The van der Waals surface area contributed by atoms with Gasteiger partial charge in [0.1, 0.15) is 11.3 Å². The van der Waals surface area contributed by atoms with Crippen molar-refractivity contribution in [3.8, 4) is 0 Å². The summed E-state index contributed by atoms with van der Waals surface area (Å²) in [5.74, 6) is -0.800. The van der Waals surface area contributed by atoms with Gasteiger partial charge in [-0.25, -0.2) is 0 Å². The van der Waals surface area contributed by atoms with Gasteiger partial charge < -0.3 is 20.4 Å². The van der Waals surface area contributed by atoms with Crippen LogP contribution in [0.1, 0.15) is 29.8 Å². The number of fused-ring (bicyclic) bond motifs is 1. The van der Waals surface area contributed by atoms with Crippen LogP contribution in [0.4, 0.5) is 5.69 Å². The van der Waals surface area contributed by atoms with Gasteiger partial charge in [0.25, 0.3) is 11.8 Å². The van der Waals surface area contributed by atoms with Gasteiger partial charge in [-0.2, -0.15) is 0 Å². The molecule has 0 aliphatic carbocycles. The molecule has 1 saturated heterocycles. The highest BCUT2D eigenvalue weighted by Gasteiger charge is 2.23. The first-order valence-corrected chi connectivity index (χ1v) is 7.60. The minimum absolute atomic E-state index is 0.00296. The molecule has 116 valence electrons. The highest BCUT2D eigenvalue weighted by atomic mass is 16.3. The predicted octanol–water partition coefficient (Wildman–Crippen LogP) is 0.539. The second-order valence-corrected chi connectivity index (χ2v) is 5.70. The molecule has 0 saturated carbocycles. The smallest absolute Gasteiger partial charge is 0.286 e. The number of primary amides is 1. The van der Waals surface area contributed by atoms with Gasteiger partial charge in [-0.1, -0.05) is 12.1 Å². The van der Waals surface area contributed by atoms with E-state index in [1.54, 1.807) is 18.2 Å². The number of amides is 2. The molecule has 1 aromatic heterocycles. The Morgan fingerprint density at radius 3 is 2.64 bits per heavy atom. The van der Waals surface area contributed by atoms with Crippen molar-refractivity contribution >= 4 is 28.5 Å². The average molecular weight is 302 g/mol. The third kappa shape index (κ3) is 2.96. The number of nitrogens with one attached hydrogen (secondary N) is 2. The van der Waals surface area contributed by atoms with Gasteiger partial charge in [0.15, 0.2) is 6.54 Å². The predicted molar refractivity (Wildman–Crippen MR) is 82.8 cm³/mol. The van der Waals surface area contributed by atoms with Crippen LogP contribution in [0.3, 0.4) is 0 Å². The summed E-state index contributed by atoms with van der Waals surface area (Å²) in [6.45, 7) is 2.43. The molecule has 1 aromatic carbocycles. The molecular weight excluding hydrogens is 282 g/mol. The maximum atomic E-state index is 12.3. The normalized spacial score (nSPS) is 15.8. The molecule has 1 fully saturated rings. The number of para-hydroxylation sites is 1. The fourth-order valence-electron chi connectivity index (χ4n) is 2.98. The first-order valence-electron chi connectivity index (χ1n) is 7.60. The first-order chi connectivity index (χ1) is 10.6. The third-order valence-electron chi connectivity index (χ3n) is 4.05. The average Bonchev–Trinajstić information content (AvgIpc) is 2.87. The van der Waals surface area contributed by atoms with E-state index in [9.17, 15) is 9.59 Å². The number of piperidine rings is 1. The summed E-state index contributed by atoms with van der Waals surface area (Å²) in [5, 5.41) is 3.50. The van der Waals surface area contributed by atoms with Crippen molar-refractivity contribution in [2.24, 2.45) is 5.73 Å². The summed E-state index contributed by atoms with van der Waals surface area (Å²) in [5.41, 5.74) is 6.27. The highest BCUT2D eigenvalue weighted by molar-refractivity contribution is 6.10. The molecule has 6 nitrogen and oxygen atoms in total. The van der Waals surface area contributed by atoms with Crippen molar-refractivity contribution < 1.29 is 18.9 Å². The van der Waals surface area contributed by atoms with Crippen LogP contribution in [0, 0.1) is 0 Å². The lowest BCUT2D eigenvalue weighted by molar-refractivity contribution is -0.896. The fourth-order valence-corrected chi connectivity index (χ4v) is 2.98. The van der Waals surface area contributed by atoms with Crippen LogP contribution in [-0.2, 0) is 4.79 Å². The molecule has 4 N–H and O–H groups in total. The zero-order chi connectivity index (χ0) is 15.5. The maximum absolute atomic E-state index is 12.3. The molecule has 0 radical (unpaired) electrons. The number of carbonyl (C=O) groups excluding carboxylic acids is 2. The molecule has 2 amide bonds. The van der Waals surface area contributed by atoms with Gasteiger partial charge in [-0.15, -0.1) is 0 Å². The van der Waals surface area contributed by atoms with Gasteiger partial charge in [-0.05, 0) is 31.4 Å². The van der Waals surface area contributed by atoms with E-state index in [1.807, 2.05) is 6.07 Å². The number of furan rings is 1. The van der Waals surface area contributed by atoms with Crippen LogP contribution < -0.4 is 16.0 Å². The lowest BCUT2D eigenvalue weighted by Crippen LogP contribution is -3.13. The standard InChI is InChI=1S/C16H19N3O3/c17-16(21)15-14(11-6-2-3-7-12(11)22-15)18-13(20)10-19-8-4-1-5-9-19/h2-3,6-7H,1,4-5,8-10H2,(H2,17,21)(H,18,20)/p+1. The van der Waals surface area contributed by atoms with Crippen molar-refractivity contribution in [1.82, 2.24) is 0 Å². The van der Waals surface area contributed by atoms with Crippen LogP contribution in [-0.4, -0.2) is 31.4 Å². The molecule has 1 aliphatic rings. The lowest BCUT2D eigenvalue weighted by Gasteiger charge is -2.22. The Labute approximate surface area is 128 Å². The Balaban J connectivity index is 1.81. The molecule has 2 heterocycles. The van der Waals surface area contributed by atoms with Crippen LogP contribution in [0.2, 0.25) is 0 Å². The van der Waals surface area contributed by atoms with Crippen molar-refractivity contribution in [2.75, 3.05) is 25.0 Å². The zero-order valence-electron chi connectivity index (χ0n) is 12.4. The van der Waals surface area contributed by atoms with Gasteiger partial charge in [0.05, 0.1) is 13.1 Å². The monoisotopic (exact) mass is 302 g/mol. The van der Waals surface area contributed by atoms with E-state index in [4.69, 9.17) is 10.2 Å². The number of carbonyl (C=O) groups is 2. The summed E-state index contributed by atoms with van der Waals surface area (Å²) < 4.78 is 5.46. The molecular formula is C16H20N3O3+. The van der Waals surface area contributed by atoms with E-state index < -0.39 is 5.91 Å². The van der Waals surface area contributed by atoms with E-state index in [0.29, 0.717) is 23.2 Å². The molecule has 0 bridgehead atoms. The quantitative estimate of drug-likeness (QED) is 0.770. The molecule has 0 atom stereocenters. The Hall–Kier alpha value is -2.34. The van der Waals surface area contributed by atoms with Crippen molar-refractivity contribution in [2.45, 2.75) is 19.3 Å². The van der Waals surface area contributed by atoms with Gasteiger partial charge >= 0.3 is 0 Å². The maximum Gasteiger partial charge on any atom is 0.286 e. The van der Waals surface area contributed by atoms with Gasteiger partial charge in [-0.3, -0.25) is 9.59 Å². The lowest BCUT2D eigenvalue weighted by atomic mass is 10.1. The summed E-state index contributed by atoms with van der Waals surface area (Å²) in [4.78, 5) is 25.1. The fraction of sp³-hybridized carbons (Fsp3) is 0.375. The second-order valence-electron chi connectivity index (χ2n) is 5.70. The molecule has 0 unspecified atom stereocenters. The Morgan fingerprint density at radius 2 is 1.91 bits per heavy atom. The third-order valence-corrected chi connectivity index (χ3v) is 4.05. The van der Waals surface area contributed by atoms with E-state index in [0.717, 1.165) is 25.9 Å². The number of hydrogen-bond donors (Lipinski definition) is 3. The molecule has 0 spiro atoms. The number of nitrogens with two attached hydrogens (primary N) is 1. The Kier molecular flexibility index (Phi) is 4.11. The number of anilines is 1. The van der Waals surface area contributed by atoms with Crippen molar-refractivity contribution in [3.05, 3.63) is 30.0 Å². The number of likely N-dealkylation sites (tertiary alicyclic amines) is 1. The molecule has 1 aliphatic heterocycles. The zero-order valence-corrected chi connectivity index (χ0v) is 12.4. The van der Waals surface area contributed by atoms with Crippen LogP contribution in [0.15, 0.2) is 28.7 Å². The second kappa shape index (κ2) is 6.19. The van der Waals surface area contributed by atoms with Crippen molar-refractivity contribution in [1.29, 1.82) is 0 Å². The minimum Gasteiger partial charge on any atom is -0.449 e. The Morgan fingerprint density at radius 1 is 1.18 bits per heavy atom. The SMILES string of the molecule is NC(=O)c1oc2ccccc2c1NC(=O)C[NH+]1CCCCC1. The topological polar surface area (TPSA) is 89.8 Å². The minimum atomic E-state index is -0.684. The van der Waals surface area contributed by atoms with Crippen molar-refractivity contribution in [3.63, 3.8) is 0 Å². The van der Waals surface area contributed by atoms with E-state index in [2.05, 4.69) is 5.32 Å².